The van der Waals surface area contributed by atoms with Crippen LogP contribution in [0.5, 0.6) is 0 Å². The van der Waals surface area contributed by atoms with Crippen molar-refractivity contribution >= 4 is 32.2 Å². The van der Waals surface area contributed by atoms with Gasteiger partial charge in [-0.2, -0.15) is 4.37 Å². The lowest BCUT2D eigenvalue weighted by Gasteiger charge is -2.42. The zero-order valence-corrected chi connectivity index (χ0v) is 12.6. The van der Waals surface area contributed by atoms with Crippen molar-refractivity contribution in [2.24, 2.45) is 0 Å². The van der Waals surface area contributed by atoms with E-state index < -0.39 is 9.84 Å². The van der Waals surface area contributed by atoms with Crippen molar-refractivity contribution in [3.8, 4) is 0 Å². The van der Waals surface area contributed by atoms with E-state index in [1.165, 1.54) is 18.0 Å². The molecule has 106 valence electrons. The van der Waals surface area contributed by atoms with Gasteiger partial charge in [0.1, 0.15) is 9.90 Å². The fourth-order valence-electron chi connectivity index (χ4n) is 2.60. The molecule has 0 aliphatic heterocycles. The Morgan fingerprint density at radius 1 is 1.47 bits per heavy atom. The van der Waals surface area contributed by atoms with E-state index in [1.807, 2.05) is 0 Å². The van der Waals surface area contributed by atoms with Crippen molar-refractivity contribution < 1.29 is 8.42 Å². The molecule has 2 fully saturated rings. The van der Waals surface area contributed by atoms with Crippen LogP contribution in [0.1, 0.15) is 45.4 Å². The van der Waals surface area contributed by atoms with Gasteiger partial charge in [0.25, 0.3) is 0 Å². The highest BCUT2D eigenvalue weighted by molar-refractivity contribution is 7.92. The molecule has 0 atom stereocenters. The number of nitrogens with zero attached hydrogens (tertiary/aromatic N) is 1. The Bertz CT molecular complexity index is 581. The molecular formula is C12H19N3O2S2. The number of nitrogens with two attached hydrogens (primary N) is 1. The quantitative estimate of drug-likeness (QED) is 0.872. The van der Waals surface area contributed by atoms with Gasteiger partial charge in [0.05, 0.1) is 5.25 Å². The maximum Gasteiger partial charge on any atom is 0.187 e. The largest absolute Gasteiger partial charge is 0.382 e. The standard InChI is InChI=1S/C12H19N3O2S2/c1-2-12(6-3-7-12)14-11-9(10(13)15-18-11)19(16,17)8-4-5-8/h8,14H,2-7H2,1H3,(H2,13,15). The van der Waals surface area contributed by atoms with Crippen LogP contribution in [0.15, 0.2) is 4.90 Å². The Hall–Kier alpha value is -0.820. The van der Waals surface area contributed by atoms with Gasteiger partial charge in [0.15, 0.2) is 15.7 Å². The van der Waals surface area contributed by atoms with Crippen molar-refractivity contribution in [3.05, 3.63) is 0 Å². The molecule has 1 aromatic heterocycles. The third kappa shape index (κ3) is 2.12. The van der Waals surface area contributed by atoms with Crippen LogP contribution in [0, 0.1) is 0 Å². The highest BCUT2D eigenvalue weighted by Crippen LogP contribution is 2.45. The van der Waals surface area contributed by atoms with Gasteiger partial charge >= 0.3 is 0 Å². The fraction of sp³-hybridized carbons (Fsp3) is 0.750. The number of anilines is 2. The van der Waals surface area contributed by atoms with E-state index in [2.05, 4.69) is 16.6 Å². The van der Waals surface area contributed by atoms with Crippen molar-refractivity contribution in [3.63, 3.8) is 0 Å². The van der Waals surface area contributed by atoms with Gasteiger partial charge in [-0.15, -0.1) is 0 Å². The molecule has 0 spiro atoms. The Morgan fingerprint density at radius 2 is 2.16 bits per heavy atom. The molecule has 2 aliphatic carbocycles. The SMILES string of the molecule is CCC1(Nc2snc(N)c2S(=O)(=O)C2CC2)CCC1. The Balaban J connectivity index is 1.95. The average Bonchev–Trinajstić information content (AvgIpc) is 3.09. The molecule has 3 N–H and O–H groups in total. The molecule has 7 heteroatoms. The smallest absolute Gasteiger partial charge is 0.187 e. The summed E-state index contributed by atoms with van der Waals surface area (Å²) in [6, 6.07) is 0. The van der Waals surface area contributed by atoms with Gasteiger partial charge < -0.3 is 11.1 Å². The second-order valence-corrected chi connectivity index (χ2v) is 8.52. The lowest BCUT2D eigenvalue weighted by atomic mass is 9.75. The van der Waals surface area contributed by atoms with Crippen LogP contribution in [0.25, 0.3) is 0 Å². The van der Waals surface area contributed by atoms with Gasteiger partial charge in [-0.25, -0.2) is 8.42 Å². The number of nitrogen functional groups attached to an aromatic ring is 1. The molecule has 0 amide bonds. The summed E-state index contributed by atoms with van der Waals surface area (Å²) in [6.07, 6.45) is 5.86. The molecular weight excluding hydrogens is 282 g/mol. The highest BCUT2D eigenvalue weighted by Gasteiger charge is 2.43. The predicted octanol–water partition coefficient (Wildman–Crippen LogP) is 2.41. The van der Waals surface area contributed by atoms with Crippen LogP contribution < -0.4 is 11.1 Å². The molecule has 19 heavy (non-hydrogen) atoms. The lowest BCUT2D eigenvalue weighted by Crippen LogP contribution is -2.44. The van der Waals surface area contributed by atoms with E-state index >= 15 is 0 Å². The van der Waals surface area contributed by atoms with Crippen LogP contribution in [-0.4, -0.2) is 23.6 Å². The number of hydrogen-bond acceptors (Lipinski definition) is 6. The first kappa shape index (κ1) is 13.2. The van der Waals surface area contributed by atoms with Gasteiger partial charge in [0.2, 0.25) is 0 Å². The Morgan fingerprint density at radius 3 is 2.63 bits per heavy atom. The van der Waals surface area contributed by atoms with Gasteiger partial charge in [-0.3, -0.25) is 0 Å². The third-order valence-corrected chi connectivity index (χ3v) is 7.53. The average molecular weight is 301 g/mol. The molecule has 0 aromatic carbocycles. The molecule has 0 unspecified atom stereocenters. The zero-order chi connectivity index (χ0) is 13.7. The van der Waals surface area contributed by atoms with E-state index in [4.69, 9.17) is 5.73 Å². The monoisotopic (exact) mass is 301 g/mol. The first-order valence-electron chi connectivity index (χ1n) is 6.76. The molecule has 1 heterocycles. The van der Waals surface area contributed by atoms with Crippen molar-refractivity contribution in [1.82, 2.24) is 4.37 Å². The van der Waals surface area contributed by atoms with Crippen LogP contribution in [-0.2, 0) is 9.84 Å². The number of rotatable bonds is 5. The Labute approximate surface area is 117 Å². The predicted molar refractivity (Wildman–Crippen MR) is 77.2 cm³/mol. The van der Waals surface area contributed by atoms with E-state index in [1.54, 1.807) is 0 Å². The van der Waals surface area contributed by atoms with Gasteiger partial charge in [0, 0.05) is 5.54 Å². The fourth-order valence-corrected chi connectivity index (χ4v) is 5.59. The number of sulfone groups is 1. The van der Waals surface area contributed by atoms with Crippen molar-refractivity contribution in [2.75, 3.05) is 11.1 Å². The second kappa shape index (κ2) is 4.34. The van der Waals surface area contributed by atoms with Gasteiger partial charge in [-0.05, 0) is 50.1 Å². The molecule has 2 saturated carbocycles. The summed E-state index contributed by atoms with van der Waals surface area (Å²) in [5.41, 5.74) is 5.84. The van der Waals surface area contributed by atoms with Crippen LogP contribution in [0.3, 0.4) is 0 Å². The maximum atomic E-state index is 12.4. The lowest BCUT2D eigenvalue weighted by molar-refractivity contribution is 0.270. The van der Waals surface area contributed by atoms with E-state index in [0.29, 0.717) is 5.00 Å². The number of nitrogens with one attached hydrogen (secondary N) is 1. The molecule has 0 bridgehead atoms. The molecule has 1 aromatic rings. The Kier molecular flexibility index (Phi) is 3.01. The normalized spacial score (nSPS) is 21.9. The molecule has 2 aliphatic rings. The third-order valence-electron chi connectivity index (χ3n) is 4.29. The van der Waals surface area contributed by atoms with E-state index in [0.717, 1.165) is 32.1 Å². The highest BCUT2D eigenvalue weighted by atomic mass is 32.2. The molecule has 5 nitrogen and oxygen atoms in total. The summed E-state index contributed by atoms with van der Waals surface area (Å²) in [4.78, 5) is 0.250. The first-order chi connectivity index (χ1) is 8.98. The van der Waals surface area contributed by atoms with Crippen molar-refractivity contribution in [1.29, 1.82) is 0 Å². The summed E-state index contributed by atoms with van der Waals surface area (Å²) in [7, 11) is -3.29. The van der Waals surface area contributed by atoms with E-state index in [-0.39, 0.29) is 21.5 Å². The van der Waals surface area contributed by atoms with Crippen LogP contribution in [0.2, 0.25) is 0 Å². The molecule has 3 rings (SSSR count). The zero-order valence-electron chi connectivity index (χ0n) is 11.0. The van der Waals surface area contributed by atoms with Crippen LogP contribution in [0.4, 0.5) is 10.8 Å². The minimum atomic E-state index is -3.29. The summed E-state index contributed by atoms with van der Waals surface area (Å²) in [5.74, 6) is 0.157. The summed E-state index contributed by atoms with van der Waals surface area (Å²) >= 11 is 1.17. The van der Waals surface area contributed by atoms with E-state index in [9.17, 15) is 8.42 Å². The minimum Gasteiger partial charge on any atom is -0.382 e. The second-order valence-electron chi connectivity index (χ2n) is 5.58. The first-order valence-corrected chi connectivity index (χ1v) is 9.08. The number of hydrogen-bond donors (Lipinski definition) is 2. The minimum absolute atomic E-state index is 0.0484. The van der Waals surface area contributed by atoms with Crippen LogP contribution >= 0.6 is 11.5 Å². The summed E-state index contributed by atoms with van der Waals surface area (Å²) < 4.78 is 28.9. The maximum absolute atomic E-state index is 12.4. The summed E-state index contributed by atoms with van der Waals surface area (Å²) in [5, 5.41) is 3.82. The number of aromatic nitrogens is 1. The van der Waals surface area contributed by atoms with Crippen molar-refractivity contribution in [2.45, 2.75) is 61.1 Å². The van der Waals surface area contributed by atoms with Gasteiger partial charge in [-0.1, -0.05) is 6.92 Å². The summed E-state index contributed by atoms with van der Waals surface area (Å²) in [6.45, 7) is 2.13. The molecule has 0 saturated heterocycles. The topological polar surface area (TPSA) is 85.1 Å². The molecule has 0 radical (unpaired) electrons.